The van der Waals surface area contributed by atoms with Gasteiger partial charge in [0.1, 0.15) is 17.4 Å². The van der Waals surface area contributed by atoms with Gasteiger partial charge in [0.25, 0.3) is 0 Å². The molecule has 1 unspecified atom stereocenters. The van der Waals surface area contributed by atoms with Crippen LogP contribution >= 0.6 is 11.3 Å². The lowest BCUT2D eigenvalue weighted by molar-refractivity contribution is 0.192. The van der Waals surface area contributed by atoms with E-state index >= 15 is 0 Å². The van der Waals surface area contributed by atoms with Crippen LogP contribution in [-0.2, 0) is 6.61 Å². The number of benzene rings is 3. The zero-order valence-electron chi connectivity index (χ0n) is 16.8. The molecule has 1 aromatic heterocycles. The highest BCUT2D eigenvalue weighted by atomic mass is 32.1. The van der Waals surface area contributed by atoms with Crippen LogP contribution in [-0.4, -0.2) is 36.1 Å². The molecule has 4 aromatic rings. The largest absolute Gasteiger partial charge is 0.489 e. The maximum atomic E-state index is 6.33. The summed E-state index contributed by atoms with van der Waals surface area (Å²) >= 11 is 1.79. The molecule has 0 radical (unpaired) electrons. The number of aromatic nitrogens is 1. The maximum absolute atomic E-state index is 6.33. The lowest BCUT2D eigenvalue weighted by Gasteiger charge is -2.34. The van der Waals surface area contributed by atoms with Crippen LogP contribution in [0.15, 0.2) is 78.9 Å². The van der Waals surface area contributed by atoms with Gasteiger partial charge in [-0.05, 0) is 23.8 Å². The Morgan fingerprint density at radius 2 is 1.63 bits per heavy atom. The number of piperazine rings is 1. The predicted molar refractivity (Wildman–Crippen MR) is 123 cm³/mol. The third kappa shape index (κ3) is 4.10. The van der Waals surface area contributed by atoms with E-state index in [1.54, 1.807) is 11.3 Å². The average Bonchev–Trinajstić information content (AvgIpc) is 3.24. The van der Waals surface area contributed by atoms with Crippen molar-refractivity contribution >= 4 is 21.6 Å². The number of hydrogen-bond acceptors (Lipinski definition) is 5. The van der Waals surface area contributed by atoms with Crippen LogP contribution in [0.1, 0.15) is 22.2 Å². The second-order valence-electron chi connectivity index (χ2n) is 7.52. The molecule has 0 aliphatic carbocycles. The molecule has 152 valence electrons. The molecule has 0 amide bonds. The van der Waals surface area contributed by atoms with Crippen molar-refractivity contribution in [3.63, 3.8) is 0 Å². The van der Waals surface area contributed by atoms with Gasteiger partial charge in [-0.3, -0.25) is 4.90 Å². The molecule has 1 atom stereocenters. The molecule has 2 heterocycles. The van der Waals surface area contributed by atoms with Gasteiger partial charge in [0.15, 0.2) is 0 Å². The molecule has 1 aliphatic rings. The van der Waals surface area contributed by atoms with E-state index in [2.05, 4.69) is 83.0 Å². The zero-order chi connectivity index (χ0) is 20.2. The lowest BCUT2D eigenvalue weighted by atomic mass is 10.0. The summed E-state index contributed by atoms with van der Waals surface area (Å²) in [6.45, 7) is 4.54. The van der Waals surface area contributed by atoms with Crippen LogP contribution in [0.2, 0.25) is 0 Å². The maximum Gasteiger partial charge on any atom is 0.125 e. The monoisotopic (exact) mass is 415 g/mol. The Bertz CT molecular complexity index is 1070. The molecular formula is C25H25N3OS. The summed E-state index contributed by atoms with van der Waals surface area (Å²) in [4.78, 5) is 7.55. The number of hydrogen-bond donors (Lipinski definition) is 1. The van der Waals surface area contributed by atoms with Crippen molar-refractivity contribution in [2.75, 3.05) is 26.2 Å². The molecule has 1 fully saturated rings. The van der Waals surface area contributed by atoms with Gasteiger partial charge >= 0.3 is 0 Å². The molecule has 4 nitrogen and oxygen atoms in total. The van der Waals surface area contributed by atoms with Crippen LogP contribution < -0.4 is 10.1 Å². The summed E-state index contributed by atoms with van der Waals surface area (Å²) in [7, 11) is 0. The summed E-state index contributed by atoms with van der Waals surface area (Å²) in [5.74, 6) is 0.934. The number of nitrogens with one attached hydrogen (secondary N) is 1. The van der Waals surface area contributed by atoms with E-state index in [1.807, 2.05) is 6.07 Å². The van der Waals surface area contributed by atoms with E-state index < -0.39 is 0 Å². The Hall–Kier alpha value is -2.73. The standard InChI is InChI=1S/C25H25N3OS/c1-2-8-19(9-3-1)18-29-22-12-6-4-10-20(22)24(28-16-14-26-15-17-28)25-27-21-11-5-7-13-23(21)30-25/h1-13,24,26H,14-18H2. The van der Waals surface area contributed by atoms with E-state index in [0.29, 0.717) is 6.61 Å². The van der Waals surface area contributed by atoms with E-state index in [-0.39, 0.29) is 6.04 Å². The molecule has 30 heavy (non-hydrogen) atoms. The minimum Gasteiger partial charge on any atom is -0.489 e. The first-order chi connectivity index (χ1) is 14.9. The number of nitrogens with zero attached hydrogens (tertiary/aromatic N) is 2. The van der Waals surface area contributed by atoms with E-state index in [9.17, 15) is 0 Å². The number of fused-ring (bicyclic) bond motifs is 1. The summed E-state index contributed by atoms with van der Waals surface area (Å²) < 4.78 is 7.56. The Balaban J connectivity index is 1.52. The highest BCUT2D eigenvalue weighted by molar-refractivity contribution is 7.18. The third-order valence-corrected chi connectivity index (χ3v) is 6.60. The predicted octanol–water partition coefficient (Wildman–Crippen LogP) is 4.87. The normalized spacial score (nSPS) is 15.9. The summed E-state index contributed by atoms with van der Waals surface area (Å²) in [6.07, 6.45) is 0. The molecule has 1 saturated heterocycles. The number of thiazole rings is 1. The highest BCUT2D eigenvalue weighted by Crippen LogP contribution is 2.38. The van der Waals surface area contributed by atoms with Gasteiger partial charge in [0.05, 0.1) is 16.3 Å². The Kier molecular flexibility index (Phi) is 5.75. The van der Waals surface area contributed by atoms with Gasteiger partial charge in [0.2, 0.25) is 0 Å². The molecular weight excluding hydrogens is 390 g/mol. The topological polar surface area (TPSA) is 37.4 Å². The third-order valence-electron chi connectivity index (χ3n) is 5.51. The summed E-state index contributed by atoms with van der Waals surface area (Å²) in [6, 6.07) is 27.3. The van der Waals surface area contributed by atoms with Crippen molar-refractivity contribution in [2.45, 2.75) is 12.6 Å². The van der Waals surface area contributed by atoms with Gasteiger partial charge in [0, 0.05) is 31.7 Å². The van der Waals surface area contributed by atoms with Gasteiger partial charge in [-0.15, -0.1) is 11.3 Å². The van der Waals surface area contributed by atoms with Gasteiger partial charge in [-0.25, -0.2) is 4.98 Å². The number of ether oxygens (including phenoxy) is 1. The summed E-state index contributed by atoms with van der Waals surface area (Å²) in [5, 5.41) is 4.60. The van der Waals surface area contributed by atoms with Crippen LogP contribution in [0, 0.1) is 0 Å². The quantitative estimate of drug-likeness (QED) is 0.488. The molecule has 5 heteroatoms. The first-order valence-corrected chi connectivity index (χ1v) is 11.3. The molecule has 0 bridgehead atoms. The molecule has 1 aliphatic heterocycles. The van der Waals surface area contributed by atoms with Crippen LogP contribution in [0.4, 0.5) is 0 Å². The van der Waals surface area contributed by atoms with Crippen molar-refractivity contribution in [1.29, 1.82) is 0 Å². The summed E-state index contributed by atoms with van der Waals surface area (Å²) in [5.41, 5.74) is 3.43. The fourth-order valence-corrected chi connectivity index (χ4v) is 5.13. The lowest BCUT2D eigenvalue weighted by Crippen LogP contribution is -2.45. The molecule has 1 N–H and O–H groups in total. The number of para-hydroxylation sites is 2. The van der Waals surface area contributed by atoms with Crippen LogP contribution in [0.25, 0.3) is 10.2 Å². The Labute approximate surface area is 181 Å². The second kappa shape index (κ2) is 8.96. The fourth-order valence-electron chi connectivity index (χ4n) is 4.01. The van der Waals surface area contributed by atoms with E-state index in [4.69, 9.17) is 9.72 Å². The van der Waals surface area contributed by atoms with Crippen molar-refractivity contribution in [1.82, 2.24) is 15.2 Å². The fraction of sp³-hybridized carbons (Fsp3) is 0.240. The van der Waals surface area contributed by atoms with Gasteiger partial charge < -0.3 is 10.1 Å². The number of rotatable bonds is 6. The van der Waals surface area contributed by atoms with E-state index in [1.165, 1.54) is 15.8 Å². The van der Waals surface area contributed by atoms with Gasteiger partial charge in [-0.1, -0.05) is 60.7 Å². The Morgan fingerprint density at radius 3 is 2.47 bits per heavy atom. The highest BCUT2D eigenvalue weighted by Gasteiger charge is 2.29. The van der Waals surface area contributed by atoms with Gasteiger partial charge in [-0.2, -0.15) is 0 Å². The zero-order valence-corrected chi connectivity index (χ0v) is 17.6. The van der Waals surface area contributed by atoms with Crippen LogP contribution in [0.3, 0.4) is 0 Å². The molecule has 3 aromatic carbocycles. The molecule has 0 spiro atoms. The van der Waals surface area contributed by atoms with Crippen molar-refractivity contribution in [3.05, 3.63) is 95.0 Å². The van der Waals surface area contributed by atoms with E-state index in [0.717, 1.165) is 42.5 Å². The minimum atomic E-state index is 0.0940. The first kappa shape index (κ1) is 19.2. The van der Waals surface area contributed by atoms with Crippen molar-refractivity contribution in [2.24, 2.45) is 0 Å². The molecule has 5 rings (SSSR count). The second-order valence-corrected chi connectivity index (χ2v) is 8.58. The van der Waals surface area contributed by atoms with Crippen molar-refractivity contribution < 1.29 is 4.74 Å². The first-order valence-electron chi connectivity index (χ1n) is 10.4. The molecule has 0 saturated carbocycles. The smallest absolute Gasteiger partial charge is 0.125 e. The SMILES string of the molecule is c1ccc(COc2ccccc2C(c2nc3ccccc3s2)N2CCNCC2)cc1. The Morgan fingerprint density at radius 1 is 0.900 bits per heavy atom. The average molecular weight is 416 g/mol. The minimum absolute atomic E-state index is 0.0940. The van der Waals surface area contributed by atoms with Crippen LogP contribution in [0.5, 0.6) is 5.75 Å². The van der Waals surface area contributed by atoms with Crippen molar-refractivity contribution in [3.8, 4) is 5.75 Å².